The molecule has 0 unspecified atom stereocenters. The van der Waals surface area contributed by atoms with Crippen LogP contribution in [0.3, 0.4) is 0 Å². The highest BCUT2D eigenvalue weighted by molar-refractivity contribution is 5.79. The number of methoxy groups -OCH3 is 1. The van der Waals surface area contributed by atoms with Gasteiger partial charge in [-0.1, -0.05) is 18.2 Å². The third-order valence-corrected chi connectivity index (χ3v) is 3.82. The molecule has 2 rings (SSSR count). The summed E-state index contributed by atoms with van der Waals surface area (Å²) in [4.78, 5) is 8.79. The summed E-state index contributed by atoms with van der Waals surface area (Å²) in [5.74, 6) is 0.998. The van der Waals surface area contributed by atoms with E-state index in [1.165, 1.54) is 6.07 Å². The van der Waals surface area contributed by atoms with Crippen molar-refractivity contribution in [3.63, 3.8) is 0 Å². The van der Waals surface area contributed by atoms with Crippen LogP contribution in [0.15, 0.2) is 41.5 Å². The van der Waals surface area contributed by atoms with Crippen LogP contribution in [-0.2, 0) is 17.8 Å². The number of hydrogen-bond acceptors (Lipinski definition) is 4. The number of nitrogens with one attached hydrogen (secondary N) is 2. The fourth-order valence-corrected chi connectivity index (χ4v) is 2.34. The zero-order valence-corrected chi connectivity index (χ0v) is 16.1. The molecule has 0 fully saturated rings. The van der Waals surface area contributed by atoms with Gasteiger partial charge in [0.05, 0.1) is 13.2 Å². The third kappa shape index (κ3) is 6.86. The number of benzene rings is 1. The van der Waals surface area contributed by atoms with E-state index >= 15 is 0 Å². The molecule has 0 bridgehead atoms. The summed E-state index contributed by atoms with van der Waals surface area (Å²) < 4.78 is 24.3. The molecule has 2 aromatic rings. The lowest BCUT2D eigenvalue weighted by Gasteiger charge is -2.14. The normalized spacial score (nSPS) is 11.3. The number of nitrogens with zero attached hydrogens (tertiary/aromatic N) is 2. The van der Waals surface area contributed by atoms with Crippen molar-refractivity contribution in [2.24, 2.45) is 4.99 Å². The van der Waals surface area contributed by atoms with E-state index in [1.807, 2.05) is 25.1 Å². The minimum atomic E-state index is -0.214. The van der Waals surface area contributed by atoms with Crippen molar-refractivity contribution in [3.8, 4) is 5.88 Å². The molecule has 1 aromatic carbocycles. The maximum Gasteiger partial charge on any atom is 0.218 e. The Hall–Kier alpha value is -2.67. The smallest absolute Gasteiger partial charge is 0.218 e. The van der Waals surface area contributed by atoms with Crippen LogP contribution in [0.1, 0.15) is 23.6 Å². The molecule has 0 aliphatic heterocycles. The van der Waals surface area contributed by atoms with E-state index in [-0.39, 0.29) is 5.82 Å². The number of pyridine rings is 1. The zero-order chi connectivity index (χ0) is 19.5. The van der Waals surface area contributed by atoms with Crippen LogP contribution < -0.4 is 15.4 Å². The van der Waals surface area contributed by atoms with Gasteiger partial charge in [-0.3, -0.25) is 0 Å². The Morgan fingerprint density at radius 2 is 2.07 bits per heavy atom. The van der Waals surface area contributed by atoms with Gasteiger partial charge in [0, 0.05) is 32.0 Å². The lowest BCUT2D eigenvalue weighted by molar-refractivity contribution is 0.143. The fraction of sp³-hybridized carbons (Fsp3) is 0.400. The minimum absolute atomic E-state index is 0.214. The van der Waals surface area contributed by atoms with E-state index in [4.69, 9.17) is 9.47 Å². The van der Waals surface area contributed by atoms with Crippen LogP contribution in [0, 0.1) is 12.7 Å². The molecule has 2 N–H and O–H groups in total. The van der Waals surface area contributed by atoms with Gasteiger partial charge in [0.25, 0.3) is 0 Å². The molecule has 7 heteroatoms. The van der Waals surface area contributed by atoms with Crippen molar-refractivity contribution < 1.29 is 13.9 Å². The first-order valence-electron chi connectivity index (χ1n) is 8.97. The van der Waals surface area contributed by atoms with Crippen molar-refractivity contribution in [2.45, 2.75) is 26.9 Å². The Kier molecular flexibility index (Phi) is 8.51. The summed E-state index contributed by atoms with van der Waals surface area (Å²) >= 11 is 0. The Labute approximate surface area is 159 Å². The molecule has 0 saturated carbocycles. The molecule has 0 radical (unpaired) electrons. The zero-order valence-electron chi connectivity index (χ0n) is 16.1. The number of halogens is 1. The number of hydrogen-bond donors (Lipinski definition) is 2. The van der Waals surface area contributed by atoms with Crippen LogP contribution in [0.5, 0.6) is 5.88 Å². The van der Waals surface area contributed by atoms with Gasteiger partial charge in [-0.05, 0) is 37.1 Å². The monoisotopic (exact) mass is 374 g/mol. The van der Waals surface area contributed by atoms with Crippen molar-refractivity contribution in [3.05, 3.63) is 59.0 Å². The summed E-state index contributed by atoms with van der Waals surface area (Å²) in [6.07, 6.45) is 1.69. The maximum atomic E-state index is 13.7. The average molecular weight is 374 g/mol. The van der Waals surface area contributed by atoms with Crippen molar-refractivity contribution in [1.82, 2.24) is 15.6 Å². The Morgan fingerprint density at radius 3 is 2.81 bits per heavy atom. The van der Waals surface area contributed by atoms with E-state index in [0.717, 1.165) is 17.7 Å². The van der Waals surface area contributed by atoms with E-state index in [0.29, 0.717) is 43.7 Å². The van der Waals surface area contributed by atoms with Crippen LogP contribution in [0.2, 0.25) is 0 Å². The molecule has 0 atom stereocenters. The molecule has 6 nitrogen and oxygen atoms in total. The molecule has 27 heavy (non-hydrogen) atoms. The van der Waals surface area contributed by atoms with Crippen molar-refractivity contribution in [2.75, 3.05) is 26.9 Å². The summed E-state index contributed by atoms with van der Waals surface area (Å²) in [6, 6.07) is 8.97. The van der Waals surface area contributed by atoms with Gasteiger partial charge >= 0.3 is 0 Å². The predicted octanol–water partition coefficient (Wildman–Crippen LogP) is 2.81. The highest BCUT2D eigenvalue weighted by Gasteiger charge is 2.06. The lowest BCUT2D eigenvalue weighted by atomic mass is 10.1. The van der Waals surface area contributed by atoms with Crippen molar-refractivity contribution in [1.29, 1.82) is 0 Å². The van der Waals surface area contributed by atoms with Gasteiger partial charge in [0.1, 0.15) is 12.4 Å². The predicted molar refractivity (Wildman–Crippen MR) is 104 cm³/mol. The van der Waals surface area contributed by atoms with Gasteiger partial charge in [-0.25, -0.2) is 14.4 Å². The molecular formula is C20H27FN4O2. The molecule has 0 amide bonds. The third-order valence-electron chi connectivity index (χ3n) is 3.82. The molecule has 0 saturated heterocycles. The van der Waals surface area contributed by atoms with E-state index in [1.54, 1.807) is 26.3 Å². The quantitative estimate of drug-likeness (QED) is 0.401. The van der Waals surface area contributed by atoms with Gasteiger partial charge < -0.3 is 20.1 Å². The highest BCUT2D eigenvalue weighted by atomic mass is 19.1. The maximum absolute atomic E-state index is 13.7. The van der Waals surface area contributed by atoms with Crippen molar-refractivity contribution >= 4 is 5.96 Å². The second-order valence-electron chi connectivity index (χ2n) is 5.94. The summed E-state index contributed by atoms with van der Waals surface area (Å²) in [5.41, 5.74) is 2.37. The summed E-state index contributed by atoms with van der Waals surface area (Å²) in [5, 5.41) is 6.44. The van der Waals surface area contributed by atoms with E-state index in [2.05, 4.69) is 20.6 Å². The van der Waals surface area contributed by atoms with E-state index in [9.17, 15) is 4.39 Å². The van der Waals surface area contributed by atoms with Gasteiger partial charge in [0.2, 0.25) is 5.88 Å². The number of aromatic nitrogens is 1. The molecular weight excluding hydrogens is 347 g/mol. The molecule has 0 aliphatic rings. The first kappa shape index (κ1) is 20.6. The average Bonchev–Trinajstić information content (AvgIpc) is 2.67. The van der Waals surface area contributed by atoms with Crippen LogP contribution in [0.4, 0.5) is 4.39 Å². The number of aryl methyl sites for hydroxylation is 1. The second-order valence-corrected chi connectivity index (χ2v) is 5.94. The largest absolute Gasteiger partial charge is 0.475 e. The number of guanidine groups is 1. The Morgan fingerprint density at radius 1 is 1.22 bits per heavy atom. The van der Waals surface area contributed by atoms with Gasteiger partial charge in [0.15, 0.2) is 5.96 Å². The fourth-order valence-electron chi connectivity index (χ4n) is 2.34. The van der Waals surface area contributed by atoms with Gasteiger partial charge in [-0.2, -0.15) is 0 Å². The Bertz CT molecular complexity index is 753. The van der Waals surface area contributed by atoms with Crippen LogP contribution in [0.25, 0.3) is 0 Å². The number of aliphatic imine (C=N–C) groups is 1. The highest BCUT2D eigenvalue weighted by Crippen LogP contribution is 2.14. The Balaban J connectivity index is 2.00. The van der Waals surface area contributed by atoms with Crippen LogP contribution >= 0.6 is 0 Å². The lowest BCUT2D eigenvalue weighted by Crippen LogP contribution is -2.37. The first-order valence-corrected chi connectivity index (χ1v) is 8.97. The minimum Gasteiger partial charge on any atom is -0.475 e. The van der Waals surface area contributed by atoms with Gasteiger partial charge in [-0.15, -0.1) is 0 Å². The number of rotatable bonds is 9. The second kappa shape index (κ2) is 11.1. The van der Waals surface area contributed by atoms with Crippen LogP contribution in [-0.4, -0.2) is 37.8 Å². The molecule has 1 aromatic heterocycles. The van der Waals surface area contributed by atoms with E-state index < -0.39 is 0 Å². The SMILES string of the molecule is CCNC(=NCc1ccc(C)c(F)c1)NCc1cccnc1OCCOC. The molecule has 0 aliphatic carbocycles. The summed E-state index contributed by atoms with van der Waals surface area (Å²) in [7, 11) is 1.63. The molecule has 1 heterocycles. The molecule has 0 spiro atoms. The topological polar surface area (TPSA) is 67.8 Å². The molecule has 146 valence electrons. The number of ether oxygens (including phenoxy) is 2. The first-order chi connectivity index (χ1) is 13.1. The summed E-state index contributed by atoms with van der Waals surface area (Å²) in [6.45, 7) is 6.29. The standard InChI is InChI=1S/C20H27FN4O2/c1-4-22-20(24-13-16-8-7-15(2)18(21)12-16)25-14-17-6-5-9-23-19(17)27-11-10-26-3/h5-9,12H,4,10-11,13-14H2,1-3H3,(H2,22,24,25).